The number of hydrogen-bond donors (Lipinski definition) is 2. The van der Waals surface area contributed by atoms with E-state index >= 15 is 0 Å². The van der Waals surface area contributed by atoms with Gasteiger partial charge in [0.05, 0.1) is 16.1 Å². The van der Waals surface area contributed by atoms with E-state index in [9.17, 15) is 9.18 Å². The van der Waals surface area contributed by atoms with Gasteiger partial charge in [-0.05, 0) is 60.7 Å². The Kier molecular flexibility index (Phi) is 4.94. The molecule has 0 saturated carbocycles. The topological polar surface area (TPSA) is 54.1 Å². The van der Waals surface area contributed by atoms with Gasteiger partial charge in [-0.3, -0.25) is 4.79 Å². The van der Waals surface area contributed by atoms with Crippen LogP contribution < -0.4 is 10.1 Å². The Balaban J connectivity index is 1.55. The summed E-state index contributed by atoms with van der Waals surface area (Å²) < 4.78 is 19.5. The monoisotopic (exact) mass is 414 g/mol. The van der Waals surface area contributed by atoms with Gasteiger partial charge in [0.15, 0.2) is 0 Å². The van der Waals surface area contributed by atoms with E-state index in [4.69, 9.17) is 27.9 Å². The van der Waals surface area contributed by atoms with E-state index in [-0.39, 0.29) is 5.56 Å². The first-order valence-corrected chi connectivity index (χ1v) is 9.06. The zero-order valence-corrected chi connectivity index (χ0v) is 15.8. The SMILES string of the molecule is O=C(Nc1ccc(Oc2ccc(Cl)cc2)c(Cl)c1)c1cc(F)cc2cc[nH]c12. The van der Waals surface area contributed by atoms with Crippen molar-refractivity contribution in [3.05, 3.63) is 88.3 Å². The number of fused-ring (bicyclic) bond motifs is 1. The summed E-state index contributed by atoms with van der Waals surface area (Å²) in [6.07, 6.45) is 1.65. The number of rotatable bonds is 4. The number of benzene rings is 3. The molecule has 3 aromatic carbocycles. The van der Waals surface area contributed by atoms with Crippen LogP contribution in [0.5, 0.6) is 11.5 Å². The summed E-state index contributed by atoms with van der Waals surface area (Å²) in [5.74, 6) is 0.0767. The molecule has 1 heterocycles. The normalized spacial score (nSPS) is 10.8. The zero-order chi connectivity index (χ0) is 19.7. The van der Waals surface area contributed by atoms with E-state index in [2.05, 4.69) is 10.3 Å². The molecule has 0 fully saturated rings. The molecule has 0 spiro atoms. The van der Waals surface area contributed by atoms with Crippen LogP contribution in [0, 0.1) is 5.82 Å². The number of carbonyl (C=O) groups is 1. The Labute approximate surface area is 169 Å². The molecule has 0 aliphatic rings. The van der Waals surface area contributed by atoms with Crippen LogP contribution in [0.4, 0.5) is 10.1 Å². The molecular weight excluding hydrogens is 402 g/mol. The minimum atomic E-state index is -0.484. The molecule has 0 bridgehead atoms. The van der Waals surface area contributed by atoms with Crippen LogP contribution >= 0.6 is 23.2 Å². The van der Waals surface area contributed by atoms with Gasteiger partial charge in [0.1, 0.15) is 17.3 Å². The highest BCUT2D eigenvalue weighted by Crippen LogP contribution is 2.32. The molecule has 0 aliphatic heterocycles. The highest BCUT2D eigenvalue weighted by molar-refractivity contribution is 6.32. The maximum absolute atomic E-state index is 13.8. The molecule has 28 heavy (non-hydrogen) atoms. The minimum Gasteiger partial charge on any atom is -0.456 e. The molecule has 1 amide bonds. The lowest BCUT2D eigenvalue weighted by atomic mass is 10.1. The van der Waals surface area contributed by atoms with Crippen molar-refractivity contribution in [2.45, 2.75) is 0 Å². The number of aromatic amines is 1. The van der Waals surface area contributed by atoms with Gasteiger partial charge in [0.25, 0.3) is 5.91 Å². The molecule has 0 saturated heterocycles. The van der Waals surface area contributed by atoms with Crippen molar-refractivity contribution < 1.29 is 13.9 Å². The molecule has 4 nitrogen and oxygen atoms in total. The number of halogens is 3. The number of anilines is 1. The van der Waals surface area contributed by atoms with Gasteiger partial charge in [0, 0.05) is 22.3 Å². The van der Waals surface area contributed by atoms with Crippen LogP contribution in [-0.2, 0) is 0 Å². The quantitative estimate of drug-likeness (QED) is 0.392. The predicted molar refractivity (Wildman–Crippen MR) is 109 cm³/mol. The molecule has 0 unspecified atom stereocenters. The fourth-order valence-electron chi connectivity index (χ4n) is 2.80. The van der Waals surface area contributed by atoms with Gasteiger partial charge in [-0.15, -0.1) is 0 Å². The number of ether oxygens (including phenoxy) is 1. The van der Waals surface area contributed by atoms with E-state index in [1.807, 2.05) is 0 Å². The van der Waals surface area contributed by atoms with E-state index < -0.39 is 11.7 Å². The zero-order valence-electron chi connectivity index (χ0n) is 14.3. The highest BCUT2D eigenvalue weighted by atomic mass is 35.5. The van der Waals surface area contributed by atoms with E-state index in [0.717, 1.165) is 0 Å². The number of hydrogen-bond acceptors (Lipinski definition) is 2. The third-order valence-corrected chi connectivity index (χ3v) is 4.65. The van der Waals surface area contributed by atoms with Crippen molar-refractivity contribution in [2.24, 2.45) is 0 Å². The molecule has 2 N–H and O–H groups in total. The Bertz CT molecular complexity index is 1170. The van der Waals surface area contributed by atoms with Crippen molar-refractivity contribution in [3.63, 3.8) is 0 Å². The maximum atomic E-state index is 13.8. The highest BCUT2D eigenvalue weighted by Gasteiger charge is 2.14. The van der Waals surface area contributed by atoms with Gasteiger partial charge in [-0.2, -0.15) is 0 Å². The largest absolute Gasteiger partial charge is 0.456 e. The third-order valence-electron chi connectivity index (χ3n) is 4.10. The maximum Gasteiger partial charge on any atom is 0.257 e. The third kappa shape index (κ3) is 3.81. The summed E-state index contributed by atoms with van der Waals surface area (Å²) in [6, 6.07) is 16.0. The van der Waals surface area contributed by atoms with Crippen LogP contribution in [0.3, 0.4) is 0 Å². The van der Waals surface area contributed by atoms with Gasteiger partial charge in [-0.1, -0.05) is 23.2 Å². The molecule has 7 heteroatoms. The molecule has 0 aliphatic carbocycles. The van der Waals surface area contributed by atoms with Crippen LogP contribution in [0.1, 0.15) is 10.4 Å². The first-order chi connectivity index (χ1) is 13.5. The molecular formula is C21H13Cl2FN2O2. The molecule has 1 aromatic heterocycles. The summed E-state index contributed by atoms with van der Waals surface area (Å²) >= 11 is 12.1. The fraction of sp³-hybridized carbons (Fsp3) is 0. The van der Waals surface area contributed by atoms with Crippen molar-refractivity contribution >= 4 is 45.7 Å². The number of H-pyrrole nitrogens is 1. The predicted octanol–water partition coefficient (Wildman–Crippen LogP) is 6.66. The van der Waals surface area contributed by atoms with Crippen LogP contribution in [0.25, 0.3) is 10.9 Å². The summed E-state index contributed by atoms with van der Waals surface area (Å²) in [6.45, 7) is 0. The molecule has 0 radical (unpaired) electrons. The van der Waals surface area contributed by atoms with E-state index in [0.29, 0.717) is 38.1 Å². The molecule has 4 rings (SSSR count). The Morgan fingerprint density at radius 3 is 2.54 bits per heavy atom. The lowest BCUT2D eigenvalue weighted by molar-refractivity contribution is 0.102. The first kappa shape index (κ1) is 18.3. The molecule has 0 atom stereocenters. The summed E-state index contributed by atoms with van der Waals surface area (Å²) in [4.78, 5) is 15.6. The average Bonchev–Trinajstić information content (AvgIpc) is 3.13. The lowest BCUT2D eigenvalue weighted by Crippen LogP contribution is -2.13. The van der Waals surface area contributed by atoms with Crippen molar-refractivity contribution in [2.75, 3.05) is 5.32 Å². The van der Waals surface area contributed by atoms with Gasteiger partial charge < -0.3 is 15.0 Å². The number of aromatic nitrogens is 1. The van der Waals surface area contributed by atoms with Crippen LogP contribution in [-0.4, -0.2) is 10.9 Å². The number of carbonyl (C=O) groups excluding carboxylic acids is 1. The van der Waals surface area contributed by atoms with Gasteiger partial charge in [-0.25, -0.2) is 4.39 Å². The summed E-state index contributed by atoms with van der Waals surface area (Å²) in [7, 11) is 0. The van der Waals surface area contributed by atoms with E-state index in [1.165, 1.54) is 12.1 Å². The van der Waals surface area contributed by atoms with Crippen molar-refractivity contribution in [1.29, 1.82) is 0 Å². The van der Waals surface area contributed by atoms with Crippen molar-refractivity contribution in [1.82, 2.24) is 4.98 Å². The first-order valence-electron chi connectivity index (χ1n) is 8.30. The second-order valence-electron chi connectivity index (χ2n) is 6.05. The number of amides is 1. The number of nitrogens with one attached hydrogen (secondary N) is 2. The van der Waals surface area contributed by atoms with Crippen LogP contribution in [0.15, 0.2) is 66.9 Å². The average molecular weight is 415 g/mol. The Morgan fingerprint density at radius 1 is 1.00 bits per heavy atom. The van der Waals surface area contributed by atoms with Gasteiger partial charge >= 0.3 is 0 Å². The summed E-state index contributed by atoms with van der Waals surface area (Å²) in [5.41, 5.74) is 1.23. The second kappa shape index (κ2) is 7.54. The lowest BCUT2D eigenvalue weighted by Gasteiger charge is -2.11. The minimum absolute atomic E-state index is 0.206. The summed E-state index contributed by atoms with van der Waals surface area (Å²) in [5, 5.41) is 4.26. The standard InChI is InChI=1S/C21H13Cl2FN2O2/c22-13-1-4-16(5-2-13)28-19-6-3-15(11-18(19)23)26-21(27)17-10-14(24)9-12-7-8-25-20(12)17/h1-11,25H,(H,26,27). The Hall–Kier alpha value is -3.02. The van der Waals surface area contributed by atoms with Gasteiger partial charge in [0.2, 0.25) is 0 Å². The molecule has 140 valence electrons. The molecule has 4 aromatic rings. The smallest absolute Gasteiger partial charge is 0.257 e. The Morgan fingerprint density at radius 2 is 1.79 bits per heavy atom. The fourth-order valence-corrected chi connectivity index (χ4v) is 3.15. The van der Waals surface area contributed by atoms with Crippen molar-refractivity contribution in [3.8, 4) is 11.5 Å². The van der Waals surface area contributed by atoms with E-state index in [1.54, 1.807) is 54.7 Å². The second-order valence-corrected chi connectivity index (χ2v) is 6.89. The van der Waals surface area contributed by atoms with Crippen LogP contribution in [0.2, 0.25) is 10.0 Å².